The standard InChI is InChI=1S/C17H18FN3O3S/c18-24-8-2-5-15-14(10-22)20-17(25-15)21-7-6-11-3-1-4-12(16(19)23)13(11)9-21/h1,3-4,10H,2,5-9H2,(H2,19,23). The quantitative estimate of drug-likeness (QED) is 0.603. The number of nitrogens with zero attached hydrogens (tertiary/aromatic N) is 2. The van der Waals surface area contributed by atoms with Gasteiger partial charge in [0.05, 0.1) is 6.61 Å². The number of fused-ring (bicyclic) bond motifs is 1. The number of carbonyl (C=O) groups excluding carboxylic acids is 2. The number of halogens is 1. The lowest BCUT2D eigenvalue weighted by Gasteiger charge is -2.29. The van der Waals surface area contributed by atoms with Crippen molar-refractivity contribution in [1.82, 2.24) is 4.98 Å². The van der Waals surface area contributed by atoms with Crippen molar-refractivity contribution in [3.05, 3.63) is 45.5 Å². The molecule has 1 aliphatic rings. The minimum absolute atomic E-state index is 0.00933. The van der Waals surface area contributed by atoms with Gasteiger partial charge in [0, 0.05) is 23.5 Å². The van der Waals surface area contributed by atoms with Crippen LogP contribution in [0.5, 0.6) is 0 Å². The average Bonchev–Trinajstić information content (AvgIpc) is 3.04. The molecule has 0 saturated heterocycles. The molecule has 6 nitrogen and oxygen atoms in total. The highest BCUT2D eigenvalue weighted by Crippen LogP contribution is 2.31. The normalized spacial score (nSPS) is 13.6. The number of thiazole rings is 1. The maximum Gasteiger partial charge on any atom is 0.249 e. The number of hydrogen-bond donors (Lipinski definition) is 1. The van der Waals surface area contributed by atoms with Crippen molar-refractivity contribution in [2.75, 3.05) is 18.1 Å². The average molecular weight is 363 g/mol. The van der Waals surface area contributed by atoms with Crippen LogP contribution in [-0.4, -0.2) is 30.3 Å². The van der Waals surface area contributed by atoms with Crippen LogP contribution < -0.4 is 10.6 Å². The summed E-state index contributed by atoms with van der Waals surface area (Å²) in [7, 11) is 0. The Labute approximate surface area is 148 Å². The molecule has 2 heterocycles. The molecule has 0 aliphatic carbocycles. The molecule has 1 aromatic heterocycles. The first-order valence-corrected chi connectivity index (χ1v) is 8.79. The number of amides is 1. The van der Waals surface area contributed by atoms with Crippen LogP contribution in [0, 0.1) is 0 Å². The van der Waals surface area contributed by atoms with Crippen LogP contribution >= 0.6 is 11.3 Å². The number of aromatic nitrogens is 1. The number of aldehydes is 1. The molecule has 8 heteroatoms. The highest BCUT2D eigenvalue weighted by Gasteiger charge is 2.24. The largest absolute Gasteiger partial charge is 0.366 e. The summed E-state index contributed by atoms with van der Waals surface area (Å²) in [6, 6.07) is 5.57. The summed E-state index contributed by atoms with van der Waals surface area (Å²) in [5, 5.41) is 0.725. The summed E-state index contributed by atoms with van der Waals surface area (Å²) >= 11 is 1.42. The topological polar surface area (TPSA) is 85.5 Å². The van der Waals surface area contributed by atoms with E-state index in [9.17, 15) is 14.1 Å². The zero-order chi connectivity index (χ0) is 17.8. The van der Waals surface area contributed by atoms with Gasteiger partial charge in [-0.15, -0.1) is 11.3 Å². The second-order valence-electron chi connectivity index (χ2n) is 5.82. The van der Waals surface area contributed by atoms with Crippen LogP contribution in [0.3, 0.4) is 0 Å². The molecular formula is C17H18FN3O3S. The van der Waals surface area contributed by atoms with E-state index in [0.717, 1.165) is 40.4 Å². The van der Waals surface area contributed by atoms with Gasteiger partial charge in [-0.3, -0.25) is 9.59 Å². The van der Waals surface area contributed by atoms with Crippen molar-refractivity contribution in [2.45, 2.75) is 25.8 Å². The van der Waals surface area contributed by atoms with E-state index in [0.29, 0.717) is 30.6 Å². The highest BCUT2D eigenvalue weighted by molar-refractivity contribution is 7.15. The Morgan fingerprint density at radius 2 is 2.32 bits per heavy atom. The van der Waals surface area contributed by atoms with E-state index >= 15 is 0 Å². The second kappa shape index (κ2) is 7.71. The molecule has 2 N–H and O–H groups in total. The molecule has 3 rings (SSSR count). The lowest BCUT2D eigenvalue weighted by molar-refractivity contribution is -0.132. The number of aryl methyl sites for hydroxylation is 1. The molecule has 0 spiro atoms. The maximum absolute atomic E-state index is 11.8. The Bertz CT molecular complexity index is 793. The predicted molar refractivity (Wildman–Crippen MR) is 92.6 cm³/mol. The van der Waals surface area contributed by atoms with Crippen molar-refractivity contribution in [1.29, 1.82) is 0 Å². The summed E-state index contributed by atoms with van der Waals surface area (Å²) in [4.78, 5) is 33.8. The van der Waals surface area contributed by atoms with Gasteiger partial charge in [0.1, 0.15) is 5.69 Å². The summed E-state index contributed by atoms with van der Waals surface area (Å²) < 4.78 is 11.8. The van der Waals surface area contributed by atoms with Gasteiger partial charge in [-0.1, -0.05) is 12.1 Å². The fourth-order valence-corrected chi connectivity index (χ4v) is 4.11. The zero-order valence-electron chi connectivity index (χ0n) is 13.5. The third kappa shape index (κ3) is 3.69. The molecule has 0 bridgehead atoms. The van der Waals surface area contributed by atoms with E-state index in [4.69, 9.17) is 5.73 Å². The first kappa shape index (κ1) is 17.5. The molecule has 1 aliphatic heterocycles. The molecule has 1 aromatic carbocycles. The molecule has 0 atom stereocenters. The Morgan fingerprint density at radius 3 is 3.04 bits per heavy atom. The molecule has 1 amide bonds. The third-order valence-electron chi connectivity index (χ3n) is 4.26. The number of hydrogen-bond acceptors (Lipinski definition) is 6. The summed E-state index contributed by atoms with van der Waals surface area (Å²) in [5.41, 5.74) is 8.41. The van der Waals surface area contributed by atoms with E-state index in [1.54, 1.807) is 6.07 Å². The van der Waals surface area contributed by atoms with E-state index in [1.807, 2.05) is 17.0 Å². The van der Waals surface area contributed by atoms with Gasteiger partial charge in [-0.2, -0.15) is 4.94 Å². The first-order chi connectivity index (χ1) is 12.1. The number of anilines is 1. The monoisotopic (exact) mass is 363 g/mol. The summed E-state index contributed by atoms with van der Waals surface area (Å²) in [6.45, 7) is 1.26. The first-order valence-electron chi connectivity index (χ1n) is 7.98. The van der Waals surface area contributed by atoms with Crippen molar-refractivity contribution in [2.24, 2.45) is 5.73 Å². The van der Waals surface area contributed by atoms with E-state index < -0.39 is 5.91 Å². The minimum atomic E-state index is -0.446. The molecule has 0 saturated carbocycles. The van der Waals surface area contributed by atoms with Crippen LogP contribution in [0.25, 0.3) is 0 Å². The fraction of sp³-hybridized carbons (Fsp3) is 0.353. The number of nitrogens with two attached hydrogens (primary N) is 1. The SMILES string of the molecule is NC(=O)c1cccc2c1CN(c1nc(C=O)c(CCCOF)s1)CC2. The summed E-state index contributed by atoms with van der Waals surface area (Å²) in [5.74, 6) is -0.446. The predicted octanol–water partition coefficient (Wildman–Crippen LogP) is 2.45. The molecule has 25 heavy (non-hydrogen) atoms. The van der Waals surface area contributed by atoms with Gasteiger partial charge >= 0.3 is 0 Å². The van der Waals surface area contributed by atoms with E-state index in [-0.39, 0.29) is 6.61 Å². The van der Waals surface area contributed by atoms with Crippen LogP contribution in [0.2, 0.25) is 0 Å². The van der Waals surface area contributed by atoms with Crippen LogP contribution in [-0.2, 0) is 24.3 Å². The Kier molecular flexibility index (Phi) is 5.40. The van der Waals surface area contributed by atoms with Gasteiger partial charge in [-0.25, -0.2) is 4.98 Å². The Hall–Kier alpha value is -2.32. The zero-order valence-corrected chi connectivity index (χ0v) is 14.4. The van der Waals surface area contributed by atoms with Crippen molar-refractivity contribution in [3.8, 4) is 0 Å². The lowest BCUT2D eigenvalue weighted by Crippen LogP contribution is -2.32. The molecule has 2 aromatic rings. The maximum atomic E-state index is 11.8. The van der Waals surface area contributed by atoms with Crippen molar-refractivity contribution >= 4 is 28.7 Å². The van der Waals surface area contributed by atoms with Gasteiger partial charge in [-0.05, 0) is 41.0 Å². The fourth-order valence-electron chi connectivity index (χ4n) is 3.02. The number of rotatable bonds is 7. The Balaban J connectivity index is 1.84. The van der Waals surface area contributed by atoms with E-state index in [2.05, 4.69) is 9.93 Å². The third-order valence-corrected chi connectivity index (χ3v) is 5.45. The number of benzene rings is 1. The molecular weight excluding hydrogens is 345 g/mol. The van der Waals surface area contributed by atoms with Gasteiger partial charge in [0.2, 0.25) is 5.91 Å². The van der Waals surface area contributed by atoms with Crippen molar-refractivity contribution < 1.29 is 19.1 Å². The molecule has 0 unspecified atom stereocenters. The highest BCUT2D eigenvalue weighted by atomic mass is 32.1. The molecule has 0 radical (unpaired) electrons. The molecule has 0 fully saturated rings. The van der Waals surface area contributed by atoms with Crippen LogP contribution in [0.1, 0.15) is 43.3 Å². The summed E-state index contributed by atoms with van der Waals surface area (Å²) in [6.07, 6.45) is 2.51. The van der Waals surface area contributed by atoms with Crippen LogP contribution in [0.4, 0.5) is 9.66 Å². The van der Waals surface area contributed by atoms with E-state index in [1.165, 1.54) is 11.3 Å². The lowest BCUT2D eigenvalue weighted by atomic mass is 9.95. The van der Waals surface area contributed by atoms with Gasteiger partial charge in [0.25, 0.3) is 0 Å². The van der Waals surface area contributed by atoms with Crippen molar-refractivity contribution in [3.63, 3.8) is 0 Å². The van der Waals surface area contributed by atoms with Crippen LogP contribution in [0.15, 0.2) is 18.2 Å². The Morgan fingerprint density at radius 1 is 1.48 bits per heavy atom. The second-order valence-corrected chi connectivity index (χ2v) is 6.88. The van der Waals surface area contributed by atoms with Gasteiger partial charge in [0.15, 0.2) is 11.4 Å². The van der Waals surface area contributed by atoms with Gasteiger partial charge < -0.3 is 10.6 Å². The number of carbonyl (C=O) groups is 2. The minimum Gasteiger partial charge on any atom is -0.366 e. The smallest absolute Gasteiger partial charge is 0.249 e. The molecule has 132 valence electrons. The number of primary amides is 1.